The van der Waals surface area contributed by atoms with Crippen LogP contribution in [0.3, 0.4) is 0 Å². The Labute approximate surface area is 192 Å². The minimum atomic E-state index is -0.449. The van der Waals surface area contributed by atoms with Crippen LogP contribution < -0.4 is 4.90 Å². The van der Waals surface area contributed by atoms with Gasteiger partial charge in [0, 0.05) is 29.2 Å². The van der Waals surface area contributed by atoms with Gasteiger partial charge in [-0.1, -0.05) is 60.4 Å². The van der Waals surface area contributed by atoms with Crippen LogP contribution in [0.15, 0.2) is 88.2 Å². The molecular formula is C24H14N2O4S2. The van der Waals surface area contributed by atoms with Gasteiger partial charge in [0.1, 0.15) is 11.5 Å². The van der Waals surface area contributed by atoms with Crippen molar-refractivity contribution in [2.75, 3.05) is 4.90 Å². The monoisotopic (exact) mass is 458 g/mol. The molecule has 1 amide bonds. The summed E-state index contributed by atoms with van der Waals surface area (Å²) in [7, 11) is 0. The Morgan fingerprint density at radius 3 is 2.50 bits per heavy atom. The standard InChI is InChI=1S/C24H14N2O4S2/c27-23-22(14-18-12-13-21(30-18)16-8-10-17(11-9-16)26(28)29)32-24(31)25(23)20-7-3-5-15-4-1-2-6-19(15)20/h1-14H/b22-14-. The summed E-state index contributed by atoms with van der Waals surface area (Å²) in [6, 6.07) is 23.2. The molecule has 1 aromatic heterocycles. The zero-order chi connectivity index (χ0) is 22.2. The number of hydrogen-bond acceptors (Lipinski definition) is 6. The van der Waals surface area contributed by atoms with Gasteiger partial charge in [0.2, 0.25) is 0 Å². The Kier molecular flexibility index (Phi) is 5.08. The van der Waals surface area contributed by atoms with Crippen LogP contribution in [0.25, 0.3) is 28.2 Å². The fraction of sp³-hybridized carbons (Fsp3) is 0. The van der Waals surface area contributed by atoms with E-state index < -0.39 is 4.92 Å². The zero-order valence-electron chi connectivity index (χ0n) is 16.4. The smallest absolute Gasteiger partial charge is 0.270 e. The second-order valence-corrected chi connectivity index (χ2v) is 8.70. The Bertz CT molecular complexity index is 1420. The van der Waals surface area contributed by atoms with E-state index in [4.69, 9.17) is 16.6 Å². The van der Waals surface area contributed by atoms with Gasteiger partial charge >= 0.3 is 0 Å². The summed E-state index contributed by atoms with van der Waals surface area (Å²) < 4.78 is 6.31. The summed E-state index contributed by atoms with van der Waals surface area (Å²) in [6.07, 6.45) is 1.67. The fourth-order valence-corrected chi connectivity index (χ4v) is 4.81. The van der Waals surface area contributed by atoms with Gasteiger partial charge in [-0.2, -0.15) is 0 Å². The number of nitro groups is 1. The lowest BCUT2D eigenvalue weighted by atomic mass is 10.1. The van der Waals surface area contributed by atoms with Crippen LogP contribution in [0.1, 0.15) is 5.76 Å². The molecule has 5 rings (SSSR count). The number of benzene rings is 3. The SMILES string of the molecule is O=C1/C(=C/c2ccc(-c3ccc([N+](=O)[O-])cc3)o2)SC(=S)N1c1cccc2ccccc12. The van der Waals surface area contributed by atoms with E-state index in [9.17, 15) is 14.9 Å². The van der Waals surface area contributed by atoms with Crippen molar-refractivity contribution >= 4 is 62.4 Å². The summed E-state index contributed by atoms with van der Waals surface area (Å²) >= 11 is 6.74. The molecule has 8 heteroatoms. The maximum Gasteiger partial charge on any atom is 0.270 e. The normalized spacial score (nSPS) is 15.1. The van der Waals surface area contributed by atoms with E-state index in [-0.39, 0.29) is 11.6 Å². The number of thiocarbonyl (C=S) groups is 1. The highest BCUT2D eigenvalue weighted by Crippen LogP contribution is 2.39. The molecule has 1 fully saturated rings. The number of amides is 1. The molecule has 1 saturated heterocycles. The molecule has 6 nitrogen and oxygen atoms in total. The number of furan rings is 1. The number of carbonyl (C=O) groups excluding carboxylic acids is 1. The number of fused-ring (bicyclic) bond motifs is 1. The number of hydrogen-bond donors (Lipinski definition) is 0. The molecule has 0 spiro atoms. The Morgan fingerprint density at radius 1 is 0.969 bits per heavy atom. The quantitative estimate of drug-likeness (QED) is 0.152. The number of anilines is 1. The van der Waals surface area contributed by atoms with E-state index in [2.05, 4.69) is 0 Å². The number of rotatable bonds is 4. The van der Waals surface area contributed by atoms with E-state index in [1.54, 1.807) is 35.2 Å². The van der Waals surface area contributed by atoms with Crippen molar-refractivity contribution < 1.29 is 14.1 Å². The largest absolute Gasteiger partial charge is 0.457 e. The van der Waals surface area contributed by atoms with E-state index in [1.165, 1.54) is 23.9 Å². The van der Waals surface area contributed by atoms with Gasteiger partial charge in [-0.25, -0.2) is 0 Å². The van der Waals surface area contributed by atoms with Crippen LogP contribution in [0.5, 0.6) is 0 Å². The molecule has 0 saturated carbocycles. The molecule has 2 heterocycles. The number of thioether (sulfide) groups is 1. The van der Waals surface area contributed by atoms with Crippen molar-refractivity contribution in [3.05, 3.63) is 99.6 Å². The second kappa shape index (κ2) is 8.07. The maximum absolute atomic E-state index is 13.2. The number of nitro benzene ring substituents is 1. The van der Waals surface area contributed by atoms with Crippen LogP contribution in [-0.4, -0.2) is 15.2 Å². The van der Waals surface area contributed by atoms with Gasteiger partial charge in [-0.05, 0) is 35.7 Å². The van der Waals surface area contributed by atoms with Crippen molar-refractivity contribution in [3.63, 3.8) is 0 Å². The van der Waals surface area contributed by atoms with Crippen LogP contribution in [0.2, 0.25) is 0 Å². The summed E-state index contributed by atoms with van der Waals surface area (Å²) in [5.41, 5.74) is 1.47. The first-order valence-corrected chi connectivity index (χ1v) is 10.8. The first-order valence-electron chi connectivity index (χ1n) is 9.62. The molecule has 0 aliphatic carbocycles. The minimum absolute atomic E-state index is 0.0117. The minimum Gasteiger partial charge on any atom is -0.457 e. The van der Waals surface area contributed by atoms with Gasteiger partial charge in [0.15, 0.2) is 4.32 Å². The molecule has 1 aliphatic rings. The predicted molar refractivity (Wildman–Crippen MR) is 130 cm³/mol. The molecule has 0 radical (unpaired) electrons. The van der Waals surface area contributed by atoms with Crippen molar-refractivity contribution in [2.24, 2.45) is 0 Å². The first-order chi connectivity index (χ1) is 15.5. The van der Waals surface area contributed by atoms with Gasteiger partial charge in [-0.3, -0.25) is 19.8 Å². The van der Waals surface area contributed by atoms with Crippen molar-refractivity contribution in [3.8, 4) is 11.3 Å². The van der Waals surface area contributed by atoms with Gasteiger partial charge < -0.3 is 4.42 Å². The zero-order valence-corrected chi connectivity index (χ0v) is 18.1. The Balaban J connectivity index is 1.44. The van der Waals surface area contributed by atoms with E-state index in [0.29, 0.717) is 26.3 Å². The van der Waals surface area contributed by atoms with Crippen LogP contribution in [0, 0.1) is 10.1 Å². The summed E-state index contributed by atoms with van der Waals surface area (Å²) in [4.78, 5) is 25.6. The molecule has 32 heavy (non-hydrogen) atoms. The topological polar surface area (TPSA) is 76.6 Å². The van der Waals surface area contributed by atoms with Crippen molar-refractivity contribution in [2.45, 2.75) is 0 Å². The number of non-ortho nitro benzene ring substituents is 1. The lowest BCUT2D eigenvalue weighted by Gasteiger charge is -2.17. The highest BCUT2D eigenvalue weighted by molar-refractivity contribution is 8.27. The van der Waals surface area contributed by atoms with Gasteiger partial charge in [0.25, 0.3) is 11.6 Å². The molecule has 1 aliphatic heterocycles. The lowest BCUT2D eigenvalue weighted by Crippen LogP contribution is -2.27. The Morgan fingerprint density at radius 2 is 1.72 bits per heavy atom. The van der Waals surface area contributed by atoms with Crippen LogP contribution >= 0.6 is 24.0 Å². The van der Waals surface area contributed by atoms with E-state index in [0.717, 1.165) is 16.5 Å². The third-order valence-electron chi connectivity index (χ3n) is 5.06. The molecular weight excluding hydrogens is 444 g/mol. The number of nitrogens with zero attached hydrogens (tertiary/aromatic N) is 2. The highest BCUT2D eigenvalue weighted by atomic mass is 32.2. The second-order valence-electron chi connectivity index (χ2n) is 7.02. The van der Waals surface area contributed by atoms with Crippen LogP contribution in [0.4, 0.5) is 11.4 Å². The van der Waals surface area contributed by atoms with Gasteiger partial charge in [-0.15, -0.1) is 0 Å². The van der Waals surface area contributed by atoms with Crippen LogP contribution in [-0.2, 0) is 4.79 Å². The van der Waals surface area contributed by atoms with E-state index in [1.807, 2.05) is 42.5 Å². The van der Waals surface area contributed by atoms with Crippen molar-refractivity contribution in [1.29, 1.82) is 0 Å². The summed E-state index contributed by atoms with van der Waals surface area (Å²) in [5.74, 6) is 0.845. The molecule has 0 atom stereocenters. The van der Waals surface area contributed by atoms with E-state index >= 15 is 0 Å². The highest BCUT2D eigenvalue weighted by Gasteiger charge is 2.34. The third-order valence-corrected chi connectivity index (χ3v) is 6.37. The Hall–Kier alpha value is -3.75. The molecule has 0 N–H and O–H groups in total. The molecule has 4 aromatic rings. The maximum atomic E-state index is 13.2. The fourth-order valence-electron chi connectivity index (χ4n) is 3.54. The van der Waals surface area contributed by atoms with Crippen molar-refractivity contribution in [1.82, 2.24) is 0 Å². The summed E-state index contributed by atoms with van der Waals surface area (Å²) in [5, 5.41) is 12.8. The number of carbonyl (C=O) groups is 1. The first kappa shape index (κ1) is 20.2. The molecule has 3 aromatic carbocycles. The average Bonchev–Trinajstić information content (AvgIpc) is 3.38. The molecule has 156 valence electrons. The molecule has 0 bridgehead atoms. The average molecular weight is 459 g/mol. The van der Waals surface area contributed by atoms with Gasteiger partial charge in [0.05, 0.1) is 15.5 Å². The lowest BCUT2D eigenvalue weighted by molar-refractivity contribution is -0.384. The summed E-state index contributed by atoms with van der Waals surface area (Å²) in [6.45, 7) is 0. The molecule has 0 unspecified atom stereocenters. The predicted octanol–water partition coefficient (Wildman–Crippen LogP) is 6.41. The third kappa shape index (κ3) is 3.59.